The van der Waals surface area contributed by atoms with Gasteiger partial charge in [-0.2, -0.15) is 0 Å². The minimum Gasteiger partial charge on any atom is -0.376 e. The summed E-state index contributed by atoms with van der Waals surface area (Å²) in [7, 11) is 3.69. The van der Waals surface area contributed by atoms with Crippen LogP contribution in [0.1, 0.15) is 10.4 Å². The quantitative estimate of drug-likeness (QED) is 0.916. The van der Waals surface area contributed by atoms with E-state index in [1.165, 1.54) is 18.5 Å². The summed E-state index contributed by atoms with van der Waals surface area (Å²) >= 11 is 0. The molecule has 0 bridgehead atoms. The molecule has 2 aromatic rings. The first kappa shape index (κ1) is 12.9. The van der Waals surface area contributed by atoms with Gasteiger partial charge in [-0.15, -0.1) is 0 Å². The predicted molar refractivity (Wildman–Crippen MR) is 70.7 cm³/mol. The number of pyridine rings is 2. The van der Waals surface area contributed by atoms with Crippen LogP contribution >= 0.6 is 0 Å². The van der Waals surface area contributed by atoms with Crippen LogP contribution in [0.4, 0.5) is 15.8 Å². The lowest BCUT2D eigenvalue weighted by Gasteiger charge is -2.17. The van der Waals surface area contributed by atoms with E-state index in [2.05, 4.69) is 15.3 Å². The van der Waals surface area contributed by atoms with Crippen molar-refractivity contribution in [1.29, 1.82) is 0 Å². The fraction of sp³-hybridized carbons (Fsp3) is 0.154. The zero-order chi connectivity index (χ0) is 13.8. The molecule has 0 saturated carbocycles. The second-order valence-corrected chi connectivity index (χ2v) is 4.10. The zero-order valence-electron chi connectivity index (χ0n) is 10.6. The van der Waals surface area contributed by atoms with E-state index in [9.17, 15) is 9.18 Å². The molecular formula is C13H13FN4O. The number of carbonyl (C=O) groups is 1. The standard InChI is InChI=1S/C13H13FN4O/c1-18(2)12-4-6-16-8-11(12)17-13(19)9-3-5-15-7-10(9)14/h3-8H,1-2H3,(H,17,19). The van der Waals surface area contributed by atoms with Gasteiger partial charge in [0.1, 0.15) is 0 Å². The molecule has 1 N–H and O–H groups in total. The lowest BCUT2D eigenvalue weighted by atomic mass is 10.2. The molecule has 0 saturated heterocycles. The Balaban J connectivity index is 2.27. The number of nitrogens with zero attached hydrogens (tertiary/aromatic N) is 3. The van der Waals surface area contributed by atoms with E-state index in [1.54, 1.807) is 12.3 Å². The number of carbonyl (C=O) groups excluding carboxylic acids is 1. The maximum atomic E-state index is 13.5. The Bertz CT molecular complexity index is 601. The summed E-state index contributed by atoms with van der Waals surface area (Å²) in [6.45, 7) is 0. The first-order valence-corrected chi connectivity index (χ1v) is 5.62. The van der Waals surface area contributed by atoms with Crippen molar-refractivity contribution in [2.75, 3.05) is 24.3 Å². The molecule has 0 aromatic carbocycles. The third-order valence-corrected chi connectivity index (χ3v) is 2.55. The number of anilines is 2. The van der Waals surface area contributed by atoms with Crippen molar-refractivity contribution in [2.45, 2.75) is 0 Å². The molecule has 98 valence electrons. The van der Waals surface area contributed by atoms with Gasteiger partial charge in [0.15, 0.2) is 5.82 Å². The molecule has 0 radical (unpaired) electrons. The molecule has 2 heterocycles. The molecule has 0 aliphatic carbocycles. The van der Waals surface area contributed by atoms with E-state index in [0.29, 0.717) is 5.69 Å². The van der Waals surface area contributed by atoms with Crippen LogP contribution in [0.5, 0.6) is 0 Å². The summed E-state index contributed by atoms with van der Waals surface area (Å²) < 4.78 is 13.5. The molecule has 0 spiro atoms. The highest BCUT2D eigenvalue weighted by Gasteiger charge is 2.13. The Kier molecular flexibility index (Phi) is 3.70. The van der Waals surface area contributed by atoms with Gasteiger partial charge in [-0.3, -0.25) is 14.8 Å². The van der Waals surface area contributed by atoms with Gasteiger partial charge in [-0.1, -0.05) is 0 Å². The molecule has 1 amide bonds. The predicted octanol–water partition coefficient (Wildman–Crippen LogP) is 1.93. The third kappa shape index (κ3) is 2.85. The minimum atomic E-state index is -0.657. The Morgan fingerprint density at radius 1 is 1.21 bits per heavy atom. The molecule has 0 atom stereocenters. The van der Waals surface area contributed by atoms with E-state index in [0.717, 1.165) is 11.9 Å². The van der Waals surface area contributed by atoms with Crippen molar-refractivity contribution >= 4 is 17.3 Å². The zero-order valence-corrected chi connectivity index (χ0v) is 10.6. The van der Waals surface area contributed by atoms with Crippen molar-refractivity contribution < 1.29 is 9.18 Å². The fourth-order valence-electron chi connectivity index (χ4n) is 1.62. The Labute approximate surface area is 110 Å². The minimum absolute atomic E-state index is 0.0523. The molecule has 2 aromatic heterocycles. The molecule has 6 heteroatoms. The average molecular weight is 260 g/mol. The molecule has 0 aliphatic heterocycles. The normalized spacial score (nSPS) is 10.1. The number of halogens is 1. The summed E-state index contributed by atoms with van der Waals surface area (Å²) in [5, 5.41) is 2.64. The number of hydrogen-bond donors (Lipinski definition) is 1. The number of amides is 1. The van der Waals surface area contributed by atoms with Crippen LogP contribution in [0.2, 0.25) is 0 Å². The molecular weight excluding hydrogens is 247 g/mol. The van der Waals surface area contributed by atoms with Crippen LogP contribution in [-0.2, 0) is 0 Å². The highest BCUT2D eigenvalue weighted by Crippen LogP contribution is 2.23. The number of rotatable bonds is 3. The van der Waals surface area contributed by atoms with Crippen LogP contribution in [0.3, 0.4) is 0 Å². The van der Waals surface area contributed by atoms with E-state index < -0.39 is 11.7 Å². The Morgan fingerprint density at radius 2 is 1.89 bits per heavy atom. The number of aromatic nitrogens is 2. The van der Waals surface area contributed by atoms with Gasteiger partial charge in [0.25, 0.3) is 5.91 Å². The fourth-order valence-corrected chi connectivity index (χ4v) is 1.62. The maximum Gasteiger partial charge on any atom is 0.258 e. The monoisotopic (exact) mass is 260 g/mol. The summed E-state index contributed by atoms with van der Waals surface area (Å²) in [6.07, 6.45) is 5.52. The SMILES string of the molecule is CN(C)c1ccncc1NC(=O)c1ccncc1F. The highest BCUT2D eigenvalue weighted by atomic mass is 19.1. The first-order chi connectivity index (χ1) is 9.09. The van der Waals surface area contributed by atoms with Gasteiger partial charge in [0.05, 0.1) is 29.3 Å². The van der Waals surface area contributed by atoms with E-state index in [4.69, 9.17) is 0 Å². The van der Waals surface area contributed by atoms with Crippen molar-refractivity contribution in [3.05, 3.63) is 48.3 Å². The van der Waals surface area contributed by atoms with Gasteiger partial charge in [0.2, 0.25) is 0 Å². The van der Waals surface area contributed by atoms with Crippen molar-refractivity contribution in [3.63, 3.8) is 0 Å². The average Bonchev–Trinajstić information content (AvgIpc) is 2.39. The highest BCUT2D eigenvalue weighted by molar-refractivity contribution is 6.05. The second-order valence-electron chi connectivity index (χ2n) is 4.10. The van der Waals surface area contributed by atoms with Gasteiger partial charge < -0.3 is 10.2 Å². The van der Waals surface area contributed by atoms with Gasteiger partial charge in [0, 0.05) is 26.5 Å². The topological polar surface area (TPSA) is 58.1 Å². The maximum absolute atomic E-state index is 13.5. The van der Waals surface area contributed by atoms with Crippen molar-refractivity contribution in [3.8, 4) is 0 Å². The number of hydrogen-bond acceptors (Lipinski definition) is 4. The van der Waals surface area contributed by atoms with E-state index in [-0.39, 0.29) is 5.56 Å². The van der Waals surface area contributed by atoms with Gasteiger partial charge in [-0.25, -0.2) is 4.39 Å². The van der Waals surface area contributed by atoms with Gasteiger partial charge >= 0.3 is 0 Å². The molecule has 2 rings (SSSR count). The molecule has 0 fully saturated rings. The molecule has 0 aliphatic rings. The van der Waals surface area contributed by atoms with E-state index in [1.807, 2.05) is 19.0 Å². The Morgan fingerprint density at radius 3 is 2.58 bits per heavy atom. The summed E-state index contributed by atoms with van der Waals surface area (Å²) in [4.78, 5) is 21.4. The van der Waals surface area contributed by atoms with Crippen LogP contribution in [-0.4, -0.2) is 30.0 Å². The molecule has 5 nitrogen and oxygen atoms in total. The first-order valence-electron chi connectivity index (χ1n) is 5.62. The largest absolute Gasteiger partial charge is 0.376 e. The van der Waals surface area contributed by atoms with E-state index >= 15 is 0 Å². The lowest BCUT2D eigenvalue weighted by molar-refractivity contribution is 0.102. The smallest absolute Gasteiger partial charge is 0.258 e. The summed E-state index contributed by atoms with van der Waals surface area (Å²) in [6, 6.07) is 3.09. The van der Waals surface area contributed by atoms with Gasteiger partial charge in [-0.05, 0) is 12.1 Å². The lowest BCUT2D eigenvalue weighted by Crippen LogP contribution is -2.18. The van der Waals surface area contributed by atoms with Crippen molar-refractivity contribution in [1.82, 2.24) is 9.97 Å². The van der Waals surface area contributed by atoms with Crippen LogP contribution in [0, 0.1) is 5.82 Å². The van der Waals surface area contributed by atoms with Crippen LogP contribution in [0.25, 0.3) is 0 Å². The summed E-state index contributed by atoms with van der Waals surface area (Å²) in [5.74, 6) is -1.19. The molecule has 19 heavy (non-hydrogen) atoms. The second kappa shape index (κ2) is 5.43. The summed E-state index contributed by atoms with van der Waals surface area (Å²) in [5.41, 5.74) is 1.26. The van der Waals surface area contributed by atoms with Crippen LogP contribution < -0.4 is 10.2 Å². The molecule has 0 unspecified atom stereocenters. The Hall–Kier alpha value is -2.50. The number of nitrogens with one attached hydrogen (secondary N) is 1. The van der Waals surface area contributed by atoms with Crippen molar-refractivity contribution in [2.24, 2.45) is 0 Å². The van der Waals surface area contributed by atoms with Crippen LogP contribution in [0.15, 0.2) is 36.9 Å². The third-order valence-electron chi connectivity index (χ3n) is 2.55.